The summed E-state index contributed by atoms with van der Waals surface area (Å²) in [6, 6.07) is 3.42. The number of aromatic amines is 1. The summed E-state index contributed by atoms with van der Waals surface area (Å²) in [5.41, 5.74) is -0.198. The van der Waals surface area contributed by atoms with Crippen LogP contribution < -0.4 is 5.56 Å². The van der Waals surface area contributed by atoms with Crippen molar-refractivity contribution in [2.45, 2.75) is 32.7 Å². The molecular weight excluding hydrogens is 338 g/mol. The molecule has 1 heterocycles. The van der Waals surface area contributed by atoms with E-state index in [1.54, 1.807) is 11.2 Å². The third-order valence-electron chi connectivity index (χ3n) is 3.79. The molecule has 2 aromatic rings. The lowest BCUT2D eigenvalue weighted by Gasteiger charge is -2.19. The van der Waals surface area contributed by atoms with Gasteiger partial charge in [0.15, 0.2) is 0 Å². The highest BCUT2D eigenvalue weighted by molar-refractivity contribution is 7.81. The third kappa shape index (κ3) is 4.18. The van der Waals surface area contributed by atoms with Crippen LogP contribution >= 0.6 is 0 Å². The standard InChI is InChI=1S/C16H20F2N2O3S/c1-4-5-20(24(3)22)9-11-6-14(18)12(7-13(11)17)10(2)15-8-16(21)19-23-15/h6-8,10H,4-5,9H2,1-3H3,(H,19,21). The van der Waals surface area contributed by atoms with Crippen LogP contribution in [0.4, 0.5) is 8.78 Å². The van der Waals surface area contributed by atoms with E-state index in [0.29, 0.717) is 6.54 Å². The number of H-pyrrole nitrogens is 1. The van der Waals surface area contributed by atoms with Crippen molar-refractivity contribution in [3.8, 4) is 0 Å². The van der Waals surface area contributed by atoms with E-state index in [0.717, 1.165) is 18.6 Å². The maximum atomic E-state index is 14.4. The van der Waals surface area contributed by atoms with Gasteiger partial charge in [0.1, 0.15) is 17.4 Å². The number of hydrogen-bond donors (Lipinski definition) is 1. The fourth-order valence-electron chi connectivity index (χ4n) is 2.46. The summed E-state index contributed by atoms with van der Waals surface area (Å²) in [6.45, 7) is 4.13. The van der Waals surface area contributed by atoms with Crippen LogP contribution in [0.3, 0.4) is 0 Å². The van der Waals surface area contributed by atoms with Crippen molar-refractivity contribution >= 4 is 11.0 Å². The number of halogens is 2. The van der Waals surface area contributed by atoms with E-state index in [-0.39, 0.29) is 23.4 Å². The van der Waals surface area contributed by atoms with E-state index in [4.69, 9.17) is 4.52 Å². The van der Waals surface area contributed by atoms with Crippen LogP contribution in [0.25, 0.3) is 0 Å². The van der Waals surface area contributed by atoms with Gasteiger partial charge in [-0.25, -0.2) is 17.3 Å². The molecule has 0 aliphatic rings. The normalized spacial score (nSPS) is 14.1. The molecule has 0 spiro atoms. The Morgan fingerprint density at radius 1 is 1.29 bits per heavy atom. The molecule has 1 aromatic carbocycles. The van der Waals surface area contributed by atoms with Crippen molar-refractivity contribution < 1.29 is 17.5 Å². The number of nitrogens with zero attached hydrogens (tertiary/aromatic N) is 1. The lowest BCUT2D eigenvalue weighted by molar-refractivity contribution is 0.368. The number of rotatable bonds is 7. The van der Waals surface area contributed by atoms with Gasteiger partial charge in [0.2, 0.25) is 0 Å². The highest BCUT2D eigenvalue weighted by atomic mass is 32.2. The maximum Gasteiger partial charge on any atom is 0.280 e. The minimum absolute atomic E-state index is 0.0631. The second kappa shape index (κ2) is 7.85. The molecule has 0 saturated heterocycles. The topological polar surface area (TPSA) is 66.3 Å². The van der Waals surface area contributed by atoms with E-state index in [1.807, 2.05) is 6.92 Å². The zero-order valence-electron chi connectivity index (χ0n) is 13.8. The molecule has 132 valence electrons. The first-order valence-electron chi connectivity index (χ1n) is 7.58. The summed E-state index contributed by atoms with van der Waals surface area (Å²) in [5, 5.41) is 2.13. The van der Waals surface area contributed by atoms with Crippen LogP contribution in [0, 0.1) is 11.6 Å². The Morgan fingerprint density at radius 2 is 2.00 bits per heavy atom. The first-order valence-corrected chi connectivity index (χ1v) is 9.09. The fraction of sp³-hybridized carbons (Fsp3) is 0.438. The number of nitrogens with one attached hydrogen (secondary N) is 1. The first-order chi connectivity index (χ1) is 11.3. The summed E-state index contributed by atoms with van der Waals surface area (Å²) in [6.07, 6.45) is 2.26. The summed E-state index contributed by atoms with van der Waals surface area (Å²) in [5.74, 6) is -1.56. The summed E-state index contributed by atoms with van der Waals surface area (Å²) < 4.78 is 47.0. The Balaban J connectivity index is 2.30. The third-order valence-corrected chi connectivity index (χ3v) is 4.82. The van der Waals surface area contributed by atoms with Crippen molar-refractivity contribution in [2.75, 3.05) is 12.8 Å². The molecule has 2 rings (SSSR count). The molecule has 2 atom stereocenters. The van der Waals surface area contributed by atoms with Crippen LogP contribution in [0.1, 0.15) is 43.1 Å². The summed E-state index contributed by atoms with van der Waals surface area (Å²) in [4.78, 5) is 11.1. The van der Waals surface area contributed by atoms with Gasteiger partial charge in [-0.05, 0) is 18.6 Å². The minimum atomic E-state index is -1.27. The molecule has 0 amide bonds. The maximum absolute atomic E-state index is 14.4. The quantitative estimate of drug-likeness (QED) is 0.828. The Kier molecular flexibility index (Phi) is 6.06. The molecule has 0 saturated carbocycles. The van der Waals surface area contributed by atoms with Gasteiger partial charge in [-0.1, -0.05) is 13.8 Å². The lowest BCUT2D eigenvalue weighted by Crippen LogP contribution is -2.26. The number of hydrogen-bond acceptors (Lipinski definition) is 3. The van der Waals surface area contributed by atoms with E-state index in [1.165, 1.54) is 12.3 Å². The van der Waals surface area contributed by atoms with Gasteiger partial charge in [-0.15, -0.1) is 0 Å². The van der Waals surface area contributed by atoms with E-state index in [2.05, 4.69) is 5.16 Å². The average molecular weight is 358 g/mol. The highest BCUT2D eigenvalue weighted by Gasteiger charge is 2.21. The minimum Gasteiger partial charge on any atom is -0.383 e. The predicted octanol–water partition coefficient (Wildman–Crippen LogP) is 2.90. The van der Waals surface area contributed by atoms with E-state index in [9.17, 15) is 17.8 Å². The second-order valence-corrected chi connectivity index (χ2v) is 6.95. The fourth-order valence-corrected chi connectivity index (χ4v) is 3.22. The van der Waals surface area contributed by atoms with Crippen molar-refractivity contribution in [3.63, 3.8) is 0 Å². The Morgan fingerprint density at radius 3 is 2.54 bits per heavy atom. The lowest BCUT2D eigenvalue weighted by atomic mass is 9.96. The van der Waals surface area contributed by atoms with Crippen molar-refractivity contribution in [2.24, 2.45) is 0 Å². The number of benzene rings is 1. The molecule has 8 heteroatoms. The predicted molar refractivity (Wildman–Crippen MR) is 88.0 cm³/mol. The van der Waals surface area contributed by atoms with Gasteiger partial charge in [0.05, 0.1) is 11.0 Å². The molecule has 24 heavy (non-hydrogen) atoms. The van der Waals surface area contributed by atoms with Crippen LogP contribution in [0.15, 0.2) is 27.5 Å². The van der Waals surface area contributed by atoms with Gasteiger partial charge in [-0.3, -0.25) is 4.79 Å². The van der Waals surface area contributed by atoms with Crippen LogP contribution in [-0.2, 0) is 17.5 Å². The Labute approximate surface area is 141 Å². The summed E-state index contributed by atoms with van der Waals surface area (Å²) >= 11 is 0. The number of aromatic nitrogens is 1. The molecule has 0 aliphatic carbocycles. The van der Waals surface area contributed by atoms with Gasteiger partial charge in [-0.2, -0.15) is 5.16 Å². The van der Waals surface area contributed by atoms with Crippen molar-refractivity contribution in [1.82, 2.24) is 9.46 Å². The van der Waals surface area contributed by atoms with Crippen LogP contribution in [-0.4, -0.2) is 26.5 Å². The molecular formula is C16H20F2N2O3S. The SMILES string of the molecule is CCCN(Cc1cc(F)c(C(C)c2cc(=O)[nH]o2)cc1F)S(C)=O. The average Bonchev–Trinajstić information content (AvgIpc) is 2.95. The molecule has 0 bridgehead atoms. The molecule has 0 radical (unpaired) electrons. The van der Waals surface area contributed by atoms with Gasteiger partial charge < -0.3 is 4.52 Å². The Bertz CT molecular complexity index is 788. The zero-order chi connectivity index (χ0) is 17.9. The van der Waals surface area contributed by atoms with Gasteiger partial charge in [0.25, 0.3) is 5.56 Å². The monoisotopic (exact) mass is 358 g/mol. The smallest absolute Gasteiger partial charge is 0.280 e. The van der Waals surface area contributed by atoms with Crippen molar-refractivity contribution in [1.29, 1.82) is 0 Å². The molecule has 0 aliphatic heterocycles. The molecule has 2 unspecified atom stereocenters. The largest absolute Gasteiger partial charge is 0.383 e. The Hall–Kier alpha value is -1.80. The summed E-state index contributed by atoms with van der Waals surface area (Å²) in [7, 11) is -1.27. The first kappa shape index (κ1) is 18.5. The second-order valence-electron chi connectivity index (χ2n) is 5.59. The van der Waals surface area contributed by atoms with Gasteiger partial charge in [0, 0.05) is 42.5 Å². The van der Waals surface area contributed by atoms with Crippen LogP contribution in [0.5, 0.6) is 0 Å². The highest BCUT2D eigenvalue weighted by Crippen LogP contribution is 2.28. The van der Waals surface area contributed by atoms with E-state index < -0.39 is 34.1 Å². The molecule has 1 aromatic heterocycles. The zero-order valence-corrected chi connectivity index (χ0v) is 14.6. The van der Waals surface area contributed by atoms with Crippen molar-refractivity contribution in [3.05, 3.63) is 57.1 Å². The van der Waals surface area contributed by atoms with E-state index >= 15 is 0 Å². The molecule has 0 fully saturated rings. The van der Waals surface area contributed by atoms with Gasteiger partial charge >= 0.3 is 0 Å². The molecule has 5 nitrogen and oxygen atoms in total. The van der Waals surface area contributed by atoms with Crippen LogP contribution in [0.2, 0.25) is 0 Å². The molecule has 1 N–H and O–H groups in total.